The van der Waals surface area contributed by atoms with Gasteiger partial charge in [-0.3, -0.25) is 9.59 Å². The number of ether oxygens (including phenoxy) is 4. The molecule has 3 aromatic carbocycles. The molecule has 0 heterocycles. The highest BCUT2D eigenvalue weighted by Crippen LogP contribution is 2.28. The Bertz CT molecular complexity index is 1260. The largest absolute Gasteiger partial charge is 0.497 e. The number of hydrogen-bond donors (Lipinski definition) is 2. The number of hydrogen-bond acceptors (Lipinski definition) is 8. The van der Waals surface area contributed by atoms with E-state index in [2.05, 4.69) is 15.8 Å². The molecule has 0 aliphatic carbocycles. The van der Waals surface area contributed by atoms with Crippen LogP contribution in [0.2, 0.25) is 0 Å². The average Bonchev–Trinajstić information content (AvgIpc) is 2.93. The van der Waals surface area contributed by atoms with Gasteiger partial charge in [0, 0.05) is 5.56 Å². The zero-order valence-electron chi connectivity index (χ0n) is 20.6. The number of nitrogens with zero attached hydrogens (tertiary/aromatic N) is 1. The molecule has 10 nitrogen and oxygen atoms in total. The first-order valence-corrected chi connectivity index (χ1v) is 11.3. The molecule has 37 heavy (non-hydrogen) atoms. The molecule has 192 valence electrons. The second kappa shape index (κ2) is 13.3. The molecule has 0 radical (unpaired) electrons. The van der Waals surface area contributed by atoms with Crippen molar-refractivity contribution in [1.82, 2.24) is 10.7 Å². The van der Waals surface area contributed by atoms with Gasteiger partial charge in [-0.05, 0) is 79.2 Å². The van der Waals surface area contributed by atoms with Gasteiger partial charge in [0.2, 0.25) is 0 Å². The molecule has 0 unspecified atom stereocenters. The second-order valence-electron chi connectivity index (χ2n) is 7.46. The number of hydrazone groups is 1. The van der Waals surface area contributed by atoms with E-state index in [4.69, 9.17) is 18.9 Å². The first-order valence-electron chi connectivity index (χ1n) is 11.3. The Kier molecular flexibility index (Phi) is 9.60. The molecule has 3 rings (SSSR count). The Hall–Kier alpha value is -4.86. The summed E-state index contributed by atoms with van der Waals surface area (Å²) in [6.07, 6.45) is 1.39. The van der Waals surface area contributed by atoms with Crippen LogP contribution >= 0.6 is 0 Å². The molecule has 0 bridgehead atoms. The fraction of sp³-hybridized carbons (Fsp3) is 0.185. The SMILES string of the molecule is CCOc1ccc(C(=O)NCC(=O)N/N=C/c2ccc(OC(=O)c3ccc(OC)cc3)c(OC)c2)cc1. The van der Waals surface area contributed by atoms with Gasteiger partial charge in [-0.2, -0.15) is 5.10 Å². The van der Waals surface area contributed by atoms with Crippen LogP contribution in [0.5, 0.6) is 23.0 Å². The molecule has 0 aliphatic rings. The van der Waals surface area contributed by atoms with E-state index in [-0.39, 0.29) is 12.3 Å². The predicted molar refractivity (Wildman–Crippen MR) is 137 cm³/mol. The Balaban J connectivity index is 1.51. The number of benzene rings is 3. The van der Waals surface area contributed by atoms with Gasteiger partial charge in [-0.1, -0.05) is 0 Å². The van der Waals surface area contributed by atoms with Crippen LogP contribution in [-0.2, 0) is 4.79 Å². The maximum Gasteiger partial charge on any atom is 0.343 e. The zero-order valence-corrected chi connectivity index (χ0v) is 20.6. The lowest BCUT2D eigenvalue weighted by atomic mass is 10.2. The molecule has 2 amide bonds. The first kappa shape index (κ1) is 26.7. The Morgan fingerprint density at radius 1 is 0.838 bits per heavy atom. The minimum absolute atomic E-state index is 0.224. The summed E-state index contributed by atoms with van der Waals surface area (Å²) >= 11 is 0. The summed E-state index contributed by atoms with van der Waals surface area (Å²) in [6, 6.07) is 17.9. The van der Waals surface area contributed by atoms with Crippen molar-refractivity contribution in [2.45, 2.75) is 6.92 Å². The monoisotopic (exact) mass is 505 g/mol. The normalized spacial score (nSPS) is 10.5. The van der Waals surface area contributed by atoms with Crippen molar-refractivity contribution in [3.63, 3.8) is 0 Å². The molecule has 3 aromatic rings. The van der Waals surface area contributed by atoms with Crippen molar-refractivity contribution in [3.05, 3.63) is 83.4 Å². The molecule has 0 atom stereocenters. The second-order valence-corrected chi connectivity index (χ2v) is 7.46. The third-order valence-corrected chi connectivity index (χ3v) is 4.96. The fourth-order valence-corrected chi connectivity index (χ4v) is 3.08. The van der Waals surface area contributed by atoms with Crippen LogP contribution in [0.1, 0.15) is 33.2 Å². The van der Waals surface area contributed by atoms with Gasteiger partial charge in [0.1, 0.15) is 11.5 Å². The number of carbonyl (C=O) groups excluding carboxylic acids is 3. The van der Waals surface area contributed by atoms with E-state index in [9.17, 15) is 14.4 Å². The Labute approximate surface area is 214 Å². The van der Waals surface area contributed by atoms with E-state index in [1.165, 1.54) is 20.4 Å². The number of methoxy groups -OCH3 is 2. The molecule has 0 saturated carbocycles. The van der Waals surface area contributed by atoms with E-state index in [0.717, 1.165) is 0 Å². The summed E-state index contributed by atoms with van der Waals surface area (Å²) in [5.41, 5.74) is 3.68. The Morgan fingerprint density at radius 2 is 1.51 bits per heavy atom. The summed E-state index contributed by atoms with van der Waals surface area (Å²) in [5.74, 6) is 0.355. The quantitative estimate of drug-likeness (QED) is 0.177. The van der Waals surface area contributed by atoms with Crippen molar-refractivity contribution in [2.75, 3.05) is 27.4 Å². The predicted octanol–water partition coefficient (Wildman–Crippen LogP) is 3.20. The highest BCUT2D eigenvalue weighted by atomic mass is 16.6. The number of carbonyl (C=O) groups is 3. The number of amides is 2. The number of rotatable bonds is 11. The molecule has 0 aliphatic heterocycles. The van der Waals surface area contributed by atoms with Gasteiger partial charge < -0.3 is 24.3 Å². The average molecular weight is 506 g/mol. The molecular weight excluding hydrogens is 478 g/mol. The van der Waals surface area contributed by atoms with E-state index >= 15 is 0 Å². The molecule has 0 saturated heterocycles. The van der Waals surface area contributed by atoms with E-state index in [1.54, 1.807) is 66.7 Å². The summed E-state index contributed by atoms with van der Waals surface area (Å²) in [5, 5.41) is 6.41. The van der Waals surface area contributed by atoms with Gasteiger partial charge in [-0.25, -0.2) is 10.2 Å². The van der Waals surface area contributed by atoms with Crippen LogP contribution in [0.3, 0.4) is 0 Å². The van der Waals surface area contributed by atoms with Crippen LogP contribution < -0.4 is 29.7 Å². The third-order valence-electron chi connectivity index (χ3n) is 4.96. The lowest BCUT2D eigenvalue weighted by molar-refractivity contribution is -0.120. The Morgan fingerprint density at radius 3 is 2.16 bits per heavy atom. The van der Waals surface area contributed by atoms with Crippen LogP contribution in [0.4, 0.5) is 0 Å². The molecule has 10 heteroatoms. The fourth-order valence-electron chi connectivity index (χ4n) is 3.08. The highest BCUT2D eigenvalue weighted by molar-refractivity contribution is 5.96. The lowest BCUT2D eigenvalue weighted by Crippen LogP contribution is -2.34. The van der Waals surface area contributed by atoms with Crippen LogP contribution in [0.15, 0.2) is 71.8 Å². The molecule has 2 N–H and O–H groups in total. The third kappa shape index (κ3) is 7.82. The minimum Gasteiger partial charge on any atom is -0.497 e. The summed E-state index contributed by atoms with van der Waals surface area (Å²) < 4.78 is 21.2. The zero-order chi connectivity index (χ0) is 26.6. The van der Waals surface area contributed by atoms with Crippen molar-refractivity contribution in [2.24, 2.45) is 5.10 Å². The van der Waals surface area contributed by atoms with Crippen LogP contribution in [-0.4, -0.2) is 51.4 Å². The number of nitrogens with one attached hydrogen (secondary N) is 2. The highest BCUT2D eigenvalue weighted by Gasteiger charge is 2.13. The van der Waals surface area contributed by atoms with Gasteiger partial charge in [0.05, 0.1) is 39.1 Å². The lowest BCUT2D eigenvalue weighted by Gasteiger charge is -2.10. The van der Waals surface area contributed by atoms with Gasteiger partial charge in [-0.15, -0.1) is 0 Å². The maximum atomic E-state index is 12.4. The summed E-state index contributed by atoms with van der Waals surface area (Å²) in [7, 11) is 2.98. The first-order chi connectivity index (χ1) is 17.9. The topological polar surface area (TPSA) is 125 Å². The maximum absolute atomic E-state index is 12.4. The van der Waals surface area contributed by atoms with Crippen LogP contribution in [0, 0.1) is 0 Å². The standard InChI is InChI=1S/C27H27N3O7/c1-4-36-22-12-6-19(7-13-22)26(32)28-17-25(31)30-29-16-18-5-14-23(24(15-18)35-3)37-27(33)20-8-10-21(34-2)11-9-20/h5-16H,4,17H2,1-3H3,(H,28,32)(H,30,31)/b29-16+. The van der Waals surface area contributed by atoms with E-state index in [1.807, 2.05) is 6.92 Å². The van der Waals surface area contributed by atoms with Gasteiger partial charge in [0.25, 0.3) is 11.8 Å². The van der Waals surface area contributed by atoms with E-state index < -0.39 is 17.8 Å². The van der Waals surface area contributed by atoms with Crippen LogP contribution in [0.25, 0.3) is 0 Å². The van der Waals surface area contributed by atoms with Crippen molar-refractivity contribution >= 4 is 24.0 Å². The molecule has 0 aromatic heterocycles. The molecule has 0 fully saturated rings. The molecule has 0 spiro atoms. The van der Waals surface area contributed by atoms with Gasteiger partial charge >= 0.3 is 5.97 Å². The smallest absolute Gasteiger partial charge is 0.343 e. The minimum atomic E-state index is -0.554. The van der Waals surface area contributed by atoms with E-state index in [0.29, 0.717) is 40.5 Å². The van der Waals surface area contributed by atoms with Crippen molar-refractivity contribution in [1.29, 1.82) is 0 Å². The molecular formula is C27H27N3O7. The van der Waals surface area contributed by atoms with Gasteiger partial charge in [0.15, 0.2) is 11.5 Å². The van der Waals surface area contributed by atoms with Crippen molar-refractivity contribution in [3.8, 4) is 23.0 Å². The summed E-state index contributed by atoms with van der Waals surface area (Å²) in [6.45, 7) is 2.14. The summed E-state index contributed by atoms with van der Waals surface area (Å²) in [4.78, 5) is 36.6. The number of esters is 1. The van der Waals surface area contributed by atoms with Crippen molar-refractivity contribution < 1.29 is 33.3 Å².